The number of ether oxygens (including phenoxy) is 1. The van der Waals surface area contributed by atoms with E-state index in [4.69, 9.17) is 4.74 Å². The van der Waals surface area contributed by atoms with Crippen molar-refractivity contribution in [3.63, 3.8) is 0 Å². The maximum absolute atomic E-state index is 13.7. The number of hydrogen-bond donors (Lipinski definition) is 1. The van der Waals surface area contributed by atoms with Crippen molar-refractivity contribution in [1.29, 1.82) is 0 Å². The number of likely N-dealkylation sites (tertiary alicyclic amines) is 1. The first-order valence-corrected chi connectivity index (χ1v) is 13.0. The number of rotatable bonds is 6. The monoisotopic (exact) mass is 476 g/mol. The van der Waals surface area contributed by atoms with E-state index in [1.54, 1.807) is 42.3 Å². The van der Waals surface area contributed by atoms with E-state index in [1.165, 1.54) is 0 Å². The Balaban J connectivity index is 1.48. The zero-order chi connectivity index (χ0) is 23.8. The third-order valence-electron chi connectivity index (χ3n) is 6.92. The van der Waals surface area contributed by atoms with Crippen molar-refractivity contribution < 1.29 is 17.9 Å². The fraction of sp³-hybridized carbons (Fsp3) is 0.296. The van der Waals surface area contributed by atoms with Gasteiger partial charge in [-0.15, -0.1) is 0 Å². The van der Waals surface area contributed by atoms with Gasteiger partial charge in [-0.3, -0.25) is 10.1 Å². The number of nitrogens with zero attached hydrogens (tertiary/aromatic N) is 1. The highest BCUT2D eigenvalue weighted by atomic mass is 32.2. The molecule has 2 heterocycles. The number of sulfone groups is 1. The molecule has 6 nitrogen and oxygen atoms in total. The number of nitrogens with one attached hydrogen (secondary N) is 1. The summed E-state index contributed by atoms with van der Waals surface area (Å²) in [7, 11) is -1.91. The van der Waals surface area contributed by atoms with Gasteiger partial charge >= 0.3 is 0 Å². The molecule has 7 heteroatoms. The minimum Gasteiger partial charge on any atom is -0.489 e. The highest BCUT2D eigenvalue weighted by molar-refractivity contribution is 7.92. The summed E-state index contributed by atoms with van der Waals surface area (Å²) in [5, 5.41) is 2.70. The van der Waals surface area contributed by atoms with Gasteiger partial charge in [0.15, 0.2) is 9.84 Å². The van der Waals surface area contributed by atoms with Gasteiger partial charge in [0.2, 0.25) is 5.91 Å². The molecule has 34 heavy (non-hydrogen) atoms. The predicted molar refractivity (Wildman–Crippen MR) is 130 cm³/mol. The maximum atomic E-state index is 13.7. The smallest absolute Gasteiger partial charge is 0.242 e. The lowest BCUT2D eigenvalue weighted by Crippen LogP contribution is -2.47. The second-order valence-electron chi connectivity index (χ2n) is 9.13. The summed E-state index contributed by atoms with van der Waals surface area (Å²) in [6.45, 7) is 1.03. The van der Waals surface area contributed by atoms with Crippen LogP contribution in [0.4, 0.5) is 0 Å². The number of hydrogen-bond acceptors (Lipinski definition) is 5. The molecular weight excluding hydrogens is 448 g/mol. The Morgan fingerprint density at radius 3 is 2.38 bits per heavy atom. The van der Waals surface area contributed by atoms with Crippen molar-refractivity contribution in [1.82, 2.24) is 10.2 Å². The quantitative estimate of drug-likeness (QED) is 0.587. The number of likely N-dealkylation sites (N-methyl/N-ethyl adjacent to an activating group) is 1. The van der Waals surface area contributed by atoms with Gasteiger partial charge < -0.3 is 9.64 Å². The van der Waals surface area contributed by atoms with E-state index in [1.807, 2.05) is 54.6 Å². The van der Waals surface area contributed by atoms with Crippen molar-refractivity contribution >= 4 is 15.7 Å². The van der Waals surface area contributed by atoms with Crippen LogP contribution < -0.4 is 10.1 Å². The third kappa shape index (κ3) is 4.10. The van der Waals surface area contributed by atoms with Gasteiger partial charge in [0, 0.05) is 13.6 Å². The first-order valence-electron chi connectivity index (χ1n) is 11.5. The predicted octanol–water partition coefficient (Wildman–Crippen LogP) is 3.74. The summed E-state index contributed by atoms with van der Waals surface area (Å²) >= 11 is 0. The zero-order valence-corrected chi connectivity index (χ0v) is 19.9. The van der Waals surface area contributed by atoms with Crippen LogP contribution in [0.5, 0.6) is 5.75 Å². The SMILES string of the molecule is CN1CC[C@]2(C[C@H](S(=O)(=O)c3ccccc3)[C@H](c3cccc(OCc4ccccc4)c3)N2)C1=O. The molecule has 2 saturated heterocycles. The molecule has 2 fully saturated rings. The molecule has 0 saturated carbocycles. The molecule has 3 aromatic rings. The van der Waals surface area contributed by atoms with E-state index in [2.05, 4.69) is 5.32 Å². The minimum atomic E-state index is -3.68. The van der Waals surface area contributed by atoms with Crippen LogP contribution in [0.1, 0.15) is 30.0 Å². The first kappa shape index (κ1) is 22.6. The van der Waals surface area contributed by atoms with Gasteiger partial charge in [0.05, 0.1) is 16.2 Å². The molecule has 0 aliphatic carbocycles. The molecular formula is C27H28N2O4S. The topological polar surface area (TPSA) is 75.7 Å². The fourth-order valence-electron chi connectivity index (χ4n) is 5.08. The van der Waals surface area contributed by atoms with Gasteiger partial charge in [-0.25, -0.2) is 8.42 Å². The molecule has 0 radical (unpaired) electrons. The number of amides is 1. The van der Waals surface area contributed by atoms with Crippen molar-refractivity contribution in [2.75, 3.05) is 13.6 Å². The maximum Gasteiger partial charge on any atom is 0.242 e. The largest absolute Gasteiger partial charge is 0.489 e. The van der Waals surface area contributed by atoms with Crippen LogP contribution >= 0.6 is 0 Å². The van der Waals surface area contributed by atoms with Gasteiger partial charge in [-0.05, 0) is 48.2 Å². The lowest BCUT2D eigenvalue weighted by molar-refractivity contribution is -0.131. The van der Waals surface area contributed by atoms with Gasteiger partial charge in [0.1, 0.15) is 17.9 Å². The Hall–Kier alpha value is -3.16. The Labute approximate surface area is 200 Å². The number of benzene rings is 3. The fourth-order valence-corrected chi connectivity index (χ4v) is 7.05. The van der Waals surface area contributed by atoms with Crippen LogP contribution in [0.3, 0.4) is 0 Å². The molecule has 1 N–H and O–H groups in total. The third-order valence-corrected chi connectivity index (χ3v) is 9.08. The lowest BCUT2D eigenvalue weighted by atomic mass is 9.95. The molecule has 176 valence electrons. The van der Waals surface area contributed by atoms with Gasteiger partial charge in [0.25, 0.3) is 0 Å². The summed E-state index contributed by atoms with van der Waals surface area (Å²) in [6.07, 6.45) is 0.830. The summed E-state index contributed by atoms with van der Waals surface area (Å²) in [6, 6.07) is 25.4. The molecule has 1 amide bonds. The second-order valence-corrected chi connectivity index (χ2v) is 11.3. The molecule has 1 spiro atoms. The van der Waals surface area contributed by atoms with Crippen LogP contribution in [-0.4, -0.2) is 43.6 Å². The Morgan fingerprint density at radius 1 is 1.00 bits per heavy atom. The number of carbonyl (C=O) groups excluding carboxylic acids is 1. The molecule has 0 unspecified atom stereocenters. The number of carbonyl (C=O) groups is 1. The summed E-state index contributed by atoms with van der Waals surface area (Å²) in [4.78, 5) is 15.0. The normalized spacial score (nSPS) is 24.6. The van der Waals surface area contributed by atoms with Crippen LogP contribution in [0.25, 0.3) is 0 Å². The Bertz CT molecular complexity index is 1280. The first-order chi connectivity index (χ1) is 16.4. The van der Waals surface area contributed by atoms with Crippen LogP contribution in [0.15, 0.2) is 89.8 Å². The average molecular weight is 477 g/mol. The average Bonchev–Trinajstić information content (AvgIpc) is 3.41. The van der Waals surface area contributed by atoms with Gasteiger partial charge in [-0.1, -0.05) is 60.7 Å². The summed E-state index contributed by atoms with van der Waals surface area (Å²) in [5.74, 6) is 0.620. The molecule has 3 atom stereocenters. The van der Waals surface area contributed by atoms with Crippen molar-refractivity contribution in [3.05, 3.63) is 96.1 Å². The molecule has 0 bridgehead atoms. The van der Waals surface area contributed by atoms with E-state index in [0.717, 1.165) is 11.1 Å². The molecule has 3 aromatic carbocycles. The Kier molecular flexibility index (Phi) is 5.91. The van der Waals surface area contributed by atoms with E-state index >= 15 is 0 Å². The molecule has 0 aromatic heterocycles. The highest BCUT2D eigenvalue weighted by Gasteiger charge is 2.57. The highest BCUT2D eigenvalue weighted by Crippen LogP contribution is 2.44. The van der Waals surface area contributed by atoms with Crippen molar-refractivity contribution in [2.24, 2.45) is 0 Å². The Morgan fingerprint density at radius 2 is 1.71 bits per heavy atom. The van der Waals surface area contributed by atoms with Crippen LogP contribution in [0.2, 0.25) is 0 Å². The van der Waals surface area contributed by atoms with E-state index in [0.29, 0.717) is 25.3 Å². The van der Waals surface area contributed by atoms with Crippen LogP contribution in [-0.2, 0) is 21.2 Å². The zero-order valence-electron chi connectivity index (χ0n) is 19.1. The van der Waals surface area contributed by atoms with E-state index in [-0.39, 0.29) is 17.2 Å². The van der Waals surface area contributed by atoms with Gasteiger partial charge in [-0.2, -0.15) is 0 Å². The molecule has 2 aliphatic rings. The van der Waals surface area contributed by atoms with E-state index in [9.17, 15) is 13.2 Å². The summed E-state index contributed by atoms with van der Waals surface area (Å²) in [5.41, 5.74) is 0.983. The van der Waals surface area contributed by atoms with Crippen molar-refractivity contribution in [2.45, 2.75) is 41.2 Å². The molecule has 5 rings (SSSR count). The lowest BCUT2D eigenvalue weighted by Gasteiger charge is -2.23. The summed E-state index contributed by atoms with van der Waals surface area (Å²) < 4.78 is 33.5. The standard InChI is InChI=1S/C27H28N2O4S/c1-29-16-15-27(26(29)30)18-24(34(31,32)23-13-6-3-7-14-23)25(28-27)21-11-8-12-22(17-21)33-19-20-9-4-2-5-10-20/h2-14,17,24-25,28H,15-16,18-19H2,1H3/t24-,25-,27-/m0/s1. The van der Waals surface area contributed by atoms with Crippen molar-refractivity contribution in [3.8, 4) is 5.75 Å². The minimum absolute atomic E-state index is 0.0419. The van der Waals surface area contributed by atoms with E-state index < -0.39 is 26.7 Å². The molecule has 2 aliphatic heterocycles. The second kappa shape index (κ2) is 8.89. The van der Waals surface area contributed by atoms with Crippen LogP contribution in [0, 0.1) is 0 Å².